The van der Waals surface area contributed by atoms with Crippen LogP contribution >= 0.6 is 0 Å². The third kappa shape index (κ3) is 4.91. The number of aromatic nitrogens is 3. The Labute approximate surface area is 95.5 Å². The van der Waals surface area contributed by atoms with E-state index in [1.165, 1.54) is 0 Å². The van der Waals surface area contributed by atoms with E-state index >= 15 is 0 Å². The van der Waals surface area contributed by atoms with E-state index in [9.17, 15) is 4.79 Å². The maximum Gasteiger partial charge on any atom is 0.303 e. The molecule has 0 fully saturated rings. The zero-order valence-electron chi connectivity index (χ0n) is 9.59. The van der Waals surface area contributed by atoms with Gasteiger partial charge < -0.3 is 5.11 Å². The lowest BCUT2D eigenvalue weighted by molar-refractivity contribution is -0.137. The van der Waals surface area contributed by atoms with Crippen LogP contribution in [0.1, 0.15) is 38.3 Å². The molecule has 89 valence electrons. The van der Waals surface area contributed by atoms with Gasteiger partial charge in [-0.25, -0.2) is 0 Å². The molecule has 0 unspecified atom stereocenters. The minimum absolute atomic E-state index is 0.192. The first-order valence-corrected chi connectivity index (χ1v) is 5.61. The van der Waals surface area contributed by atoms with E-state index in [2.05, 4.69) is 16.7 Å². The fourth-order valence-corrected chi connectivity index (χ4v) is 1.44. The average molecular weight is 224 g/mol. The lowest BCUT2D eigenvalue weighted by Gasteiger charge is -1.97. The van der Waals surface area contributed by atoms with Crippen LogP contribution < -0.4 is 0 Å². The molecule has 0 amide bonds. The lowest BCUT2D eigenvalue weighted by atomic mass is 10.2. The van der Waals surface area contributed by atoms with Gasteiger partial charge in [0.1, 0.15) is 0 Å². The highest BCUT2D eigenvalue weighted by molar-refractivity contribution is 5.66. The van der Waals surface area contributed by atoms with E-state index < -0.39 is 5.97 Å². The molecule has 0 aliphatic rings. The summed E-state index contributed by atoms with van der Waals surface area (Å²) in [5.74, 6) is -0.758. The molecule has 1 radical (unpaired) electrons. The molecule has 5 heteroatoms. The van der Waals surface area contributed by atoms with Crippen molar-refractivity contribution in [2.45, 2.75) is 45.6 Å². The van der Waals surface area contributed by atoms with E-state index in [1.54, 1.807) is 0 Å². The second-order valence-corrected chi connectivity index (χ2v) is 3.77. The van der Waals surface area contributed by atoms with Gasteiger partial charge in [0.25, 0.3) is 0 Å². The smallest absolute Gasteiger partial charge is 0.303 e. The molecular weight excluding hydrogens is 206 g/mol. The van der Waals surface area contributed by atoms with Crippen LogP contribution in [0, 0.1) is 6.42 Å². The van der Waals surface area contributed by atoms with Gasteiger partial charge in [-0.15, -0.1) is 5.10 Å². The number of aryl methyl sites for hydroxylation is 2. The van der Waals surface area contributed by atoms with Crippen LogP contribution in [-0.2, 0) is 17.8 Å². The van der Waals surface area contributed by atoms with E-state index in [0.717, 1.165) is 25.1 Å². The third-order valence-electron chi connectivity index (χ3n) is 2.29. The van der Waals surface area contributed by atoms with E-state index in [1.807, 2.05) is 17.8 Å². The quantitative estimate of drug-likeness (QED) is 0.682. The van der Waals surface area contributed by atoms with Crippen molar-refractivity contribution in [3.05, 3.63) is 18.3 Å². The third-order valence-corrected chi connectivity index (χ3v) is 2.29. The van der Waals surface area contributed by atoms with Crippen molar-refractivity contribution in [1.29, 1.82) is 0 Å². The van der Waals surface area contributed by atoms with Gasteiger partial charge in [-0.2, -0.15) is 0 Å². The molecule has 0 saturated carbocycles. The van der Waals surface area contributed by atoms with Crippen molar-refractivity contribution in [3.8, 4) is 0 Å². The summed E-state index contributed by atoms with van der Waals surface area (Å²) in [7, 11) is 0. The SMILES string of the molecule is C[CH]CCCn1cc(CCCC(=O)O)nn1. The van der Waals surface area contributed by atoms with Crippen LogP contribution in [0.4, 0.5) is 0 Å². The Balaban J connectivity index is 2.25. The molecule has 1 rings (SSSR count). The summed E-state index contributed by atoms with van der Waals surface area (Å²) in [4.78, 5) is 10.3. The van der Waals surface area contributed by atoms with Gasteiger partial charge in [-0.05, 0) is 32.1 Å². The van der Waals surface area contributed by atoms with Crippen LogP contribution in [-0.4, -0.2) is 26.1 Å². The van der Waals surface area contributed by atoms with E-state index in [-0.39, 0.29) is 6.42 Å². The number of carboxylic acids is 1. The highest BCUT2D eigenvalue weighted by Crippen LogP contribution is 2.02. The largest absolute Gasteiger partial charge is 0.481 e. The molecule has 0 saturated heterocycles. The number of unbranched alkanes of at least 4 members (excludes halogenated alkanes) is 2. The van der Waals surface area contributed by atoms with Crippen LogP contribution in [0.2, 0.25) is 0 Å². The molecule has 1 aromatic rings. The van der Waals surface area contributed by atoms with Crippen molar-refractivity contribution < 1.29 is 9.90 Å². The first kappa shape index (κ1) is 12.7. The van der Waals surface area contributed by atoms with Gasteiger partial charge in [-0.3, -0.25) is 9.48 Å². The number of carboxylic acid groups (broad SMARTS) is 1. The molecular formula is C11H18N3O2. The average Bonchev–Trinajstić information content (AvgIpc) is 2.66. The Hall–Kier alpha value is -1.39. The van der Waals surface area contributed by atoms with Crippen LogP contribution in [0.15, 0.2) is 6.20 Å². The molecule has 0 spiro atoms. The van der Waals surface area contributed by atoms with Gasteiger partial charge in [0.2, 0.25) is 0 Å². The van der Waals surface area contributed by atoms with Crippen molar-refractivity contribution >= 4 is 5.97 Å². The highest BCUT2D eigenvalue weighted by atomic mass is 16.4. The summed E-state index contributed by atoms with van der Waals surface area (Å²) in [6.07, 6.45) is 7.67. The Kier molecular flexibility index (Phi) is 5.53. The van der Waals surface area contributed by atoms with Gasteiger partial charge >= 0.3 is 5.97 Å². The maximum atomic E-state index is 10.3. The molecule has 0 aliphatic carbocycles. The van der Waals surface area contributed by atoms with Gasteiger partial charge in [0.05, 0.1) is 5.69 Å². The minimum Gasteiger partial charge on any atom is -0.481 e. The predicted octanol–water partition coefficient (Wildman–Crippen LogP) is 1.69. The summed E-state index contributed by atoms with van der Waals surface area (Å²) < 4.78 is 1.82. The zero-order chi connectivity index (χ0) is 11.8. The Morgan fingerprint density at radius 1 is 1.56 bits per heavy atom. The van der Waals surface area contributed by atoms with E-state index in [4.69, 9.17) is 5.11 Å². The summed E-state index contributed by atoms with van der Waals surface area (Å²) >= 11 is 0. The first-order chi connectivity index (χ1) is 7.72. The van der Waals surface area contributed by atoms with Crippen molar-refractivity contribution in [2.24, 2.45) is 0 Å². The fraction of sp³-hybridized carbons (Fsp3) is 0.636. The Morgan fingerprint density at radius 2 is 2.38 bits per heavy atom. The number of hydrogen-bond acceptors (Lipinski definition) is 3. The molecule has 16 heavy (non-hydrogen) atoms. The molecule has 0 aliphatic heterocycles. The monoisotopic (exact) mass is 224 g/mol. The van der Waals surface area contributed by atoms with Gasteiger partial charge in [0, 0.05) is 19.2 Å². The van der Waals surface area contributed by atoms with E-state index in [0.29, 0.717) is 12.8 Å². The summed E-state index contributed by atoms with van der Waals surface area (Å²) in [5, 5.41) is 16.5. The second kappa shape index (κ2) is 6.98. The fourth-order valence-electron chi connectivity index (χ4n) is 1.44. The standard InChI is InChI=1S/C11H18N3O2/c1-2-3-4-8-14-9-10(12-13-14)6-5-7-11(15)16/h2,9H,3-8H2,1H3,(H,15,16). The number of aliphatic carboxylic acids is 1. The molecule has 1 aromatic heterocycles. The maximum absolute atomic E-state index is 10.3. The Bertz CT molecular complexity index is 323. The van der Waals surface area contributed by atoms with Crippen molar-refractivity contribution in [1.82, 2.24) is 15.0 Å². The predicted molar refractivity (Wildman–Crippen MR) is 59.8 cm³/mol. The Morgan fingerprint density at radius 3 is 3.06 bits per heavy atom. The molecule has 5 nitrogen and oxygen atoms in total. The summed E-state index contributed by atoms with van der Waals surface area (Å²) in [6, 6.07) is 0. The topological polar surface area (TPSA) is 68.0 Å². The second-order valence-electron chi connectivity index (χ2n) is 3.77. The van der Waals surface area contributed by atoms with Gasteiger partial charge in [-0.1, -0.05) is 12.1 Å². The zero-order valence-corrected chi connectivity index (χ0v) is 9.59. The van der Waals surface area contributed by atoms with Crippen LogP contribution in [0.3, 0.4) is 0 Å². The van der Waals surface area contributed by atoms with Crippen molar-refractivity contribution in [3.63, 3.8) is 0 Å². The normalized spacial score (nSPS) is 10.6. The number of hydrogen-bond donors (Lipinski definition) is 1. The van der Waals surface area contributed by atoms with Gasteiger partial charge in [0.15, 0.2) is 0 Å². The molecule has 0 atom stereocenters. The molecule has 0 bridgehead atoms. The highest BCUT2D eigenvalue weighted by Gasteiger charge is 2.02. The molecule has 1 N–H and O–H groups in total. The number of carbonyl (C=O) groups is 1. The van der Waals surface area contributed by atoms with Crippen LogP contribution in [0.5, 0.6) is 0 Å². The van der Waals surface area contributed by atoms with Crippen molar-refractivity contribution in [2.75, 3.05) is 0 Å². The van der Waals surface area contributed by atoms with Crippen LogP contribution in [0.25, 0.3) is 0 Å². The number of nitrogens with zero attached hydrogens (tertiary/aromatic N) is 3. The summed E-state index contributed by atoms with van der Waals surface area (Å²) in [6.45, 7) is 2.91. The lowest BCUT2D eigenvalue weighted by Crippen LogP contribution is -1.98. The molecule has 0 aromatic carbocycles. The minimum atomic E-state index is -0.758. The first-order valence-electron chi connectivity index (χ1n) is 5.61. The summed E-state index contributed by atoms with van der Waals surface area (Å²) in [5.41, 5.74) is 0.877. The molecule has 1 heterocycles. The number of rotatable bonds is 8.